The van der Waals surface area contributed by atoms with Crippen LogP contribution in [0.15, 0.2) is 30.3 Å². The molecular formula is C14H18N4O2S2. The van der Waals surface area contributed by atoms with Crippen LogP contribution >= 0.6 is 12.2 Å². The van der Waals surface area contributed by atoms with Gasteiger partial charge in [0.25, 0.3) is 0 Å². The van der Waals surface area contributed by atoms with Crippen molar-refractivity contribution in [2.45, 2.75) is 18.8 Å². The Bertz CT molecular complexity index is 811. The Balaban J connectivity index is 1.98. The van der Waals surface area contributed by atoms with Gasteiger partial charge in [-0.3, -0.25) is 9.67 Å². The maximum absolute atomic E-state index is 11.8. The standard InChI is InChI=1S/C14H18N4O2S2/c1-22(19,20)17-9-5-6-11(10-17)13-15-16-14(21)18(13)12-7-3-2-4-8-12/h2-4,7-8,11H,5-6,9-10H2,1H3,(H,16,21). The number of para-hydroxylation sites is 1. The van der Waals surface area contributed by atoms with Gasteiger partial charge in [-0.2, -0.15) is 5.10 Å². The molecule has 1 unspecified atom stereocenters. The molecule has 3 rings (SSSR count). The third-order valence-electron chi connectivity index (χ3n) is 3.93. The zero-order valence-corrected chi connectivity index (χ0v) is 13.9. The monoisotopic (exact) mass is 338 g/mol. The van der Waals surface area contributed by atoms with Gasteiger partial charge in [-0.15, -0.1) is 0 Å². The third kappa shape index (κ3) is 2.99. The van der Waals surface area contributed by atoms with Crippen molar-refractivity contribution in [3.8, 4) is 5.69 Å². The van der Waals surface area contributed by atoms with Gasteiger partial charge in [-0.25, -0.2) is 12.7 Å². The molecule has 1 aromatic carbocycles. The van der Waals surface area contributed by atoms with Gasteiger partial charge in [0.1, 0.15) is 5.82 Å². The lowest BCUT2D eigenvalue weighted by Crippen LogP contribution is -2.39. The summed E-state index contributed by atoms with van der Waals surface area (Å²) in [5.41, 5.74) is 0.938. The molecule has 2 heterocycles. The molecule has 2 aromatic rings. The lowest BCUT2D eigenvalue weighted by molar-refractivity contribution is 0.309. The normalized spacial score (nSPS) is 20.1. The molecule has 1 aliphatic heterocycles. The fourth-order valence-electron chi connectivity index (χ4n) is 2.86. The molecule has 1 aliphatic rings. The molecule has 1 N–H and O–H groups in total. The van der Waals surface area contributed by atoms with E-state index >= 15 is 0 Å². The van der Waals surface area contributed by atoms with E-state index < -0.39 is 10.0 Å². The number of nitrogens with one attached hydrogen (secondary N) is 1. The number of aromatic nitrogens is 3. The molecule has 0 radical (unpaired) electrons. The predicted molar refractivity (Wildman–Crippen MR) is 87.1 cm³/mol. The first-order valence-electron chi connectivity index (χ1n) is 7.14. The number of aromatic amines is 1. The summed E-state index contributed by atoms with van der Waals surface area (Å²) in [6, 6.07) is 9.76. The van der Waals surface area contributed by atoms with E-state index in [1.807, 2.05) is 34.9 Å². The van der Waals surface area contributed by atoms with Crippen molar-refractivity contribution in [1.29, 1.82) is 0 Å². The highest BCUT2D eigenvalue weighted by Gasteiger charge is 2.30. The number of hydrogen-bond donors (Lipinski definition) is 1. The Hall–Kier alpha value is -1.51. The molecule has 6 nitrogen and oxygen atoms in total. The fourth-order valence-corrected chi connectivity index (χ4v) is 4.02. The smallest absolute Gasteiger partial charge is 0.211 e. The lowest BCUT2D eigenvalue weighted by atomic mass is 9.98. The van der Waals surface area contributed by atoms with E-state index in [-0.39, 0.29) is 5.92 Å². The number of sulfonamides is 1. The van der Waals surface area contributed by atoms with Crippen molar-refractivity contribution >= 4 is 22.2 Å². The molecule has 0 bridgehead atoms. The minimum Gasteiger partial charge on any atom is -0.272 e. The quantitative estimate of drug-likeness (QED) is 0.870. The van der Waals surface area contributed by atoms with Crippen molar-refractivity contribution < 1.29 is 8.42 Å². The number of rotatable bonds is 3. The Kier molecular flexibility index (Phi) is 4.16. The van der Waals surface area contributed by atoms with Gasteiger partial charge in [0.15, 0.2) is 4.77 Å². The molecule has 0 amide bonds. The maximum Gasteiger partial charge on any atom is 0.211 e. The van der Waals surface area contributed by atoms with Crippen LogP contribution in [0.1, 0.15) is 24.6 Å². The van der Waals surface area contributed by atoms with Crippen LogP contribution in [0.2, 0.25) is 0 Å². The second-order valence-electron chi connectivity index (χ2n) is 5.52. The maximum atomic E-state index is 11.8. The molecular weight excluding hydrogens is 320 g/mol. The number of piperidine rings is 1. The van der Waals surface area contributed by atoms with Crippen molar-refractivity contribution in [3.63, 3.8) is 0 Å². The summed E-state index contributed by atoms with van der Waals surface area (Å²) < 4.78 is 27.5. The second kappa shape index (κ2) is 5.94. The van der Waals surface area contributed by atoms with Crippen LogP contribution in [0.3, 0.4) is 0 Å². The first kappa shape index (κ1) is 15.4. The zero-order chi connectivity index (χ0) is 15.7. The van der Waals surface area contributed by atoms with Crippen molar-refractivity contribution in [3.05, 3.63) is 40.9 Å². The molecule has 1 saturated heterocycles. The van der Waals surface area contributed by atoms with E-state index in [1.165, 1.54) is 10.6 Å². The summed E-state index contributed by atoms with van der Waals surface area (Å²) in [4.78, 5) is 0. The fraction of sp³-hybridized carbons (Fsp3) is 0.429. The van der Waals surface area contributed by atoms with Crippen molar-refractivity contribution in [2.24, 2.45) is 0 Å². The first-order chi connectivity index (χ1) is 10.5. The highest BCUT2D eigenvalue weighted by atomic mass is 32.2. The van der Waals surface area contributed by atoms with E-state index in [9.17, 15) is 8.42 Å². The summed E-state index contributed by atoms with van der Waals surface area (Å²) in [6.07, 6.45) is 2.98. The summed E-state index contributed by atoms with van der Waals surface area (Å²) >= 11 is 5.34. The number of nitrogens with zero attached hydrogens (tertiary/aromatic N) is 3. The topological polar surface area (TPSA) is 71.0 Å². The van der Waals surface area contributed by atoms with Gasteiger partial charge in [0, 0.05) is 24.7 Å². The van der Waals surface area contributed by atoms with Crippen LogP contribution in [0.5, 0.6) is 0 Å². The number of H-pyrrole nitrogens is 1. The van der Waals surface area contributed by atoms with Crippen LogP contribution in [0.25, 0.3) is 5.69 Å². The molecule has 8 heteroatoms. The van der Waals surface area contributed by atoms with E-state index in [0.717, 1.165) is 24.4 Å². The first-order valence-corrected chi connectivity index (χ1v) is 9.40. The summed E-state index contributed by atoms with van der Waals surface area (Å²) in [5, 5.41) is 7.19. The van der Waals surface area contributed by atoms with E-state index in [4.69, 9.17) is 12.2 Å². The molecule has 22 heavy (non-hydrogen) atoms. The lowest BCUT2D eigenvalue weighted by Gasteiger charge is -2.30. The Morgan fingerprint density at radius 3 is 2.73 bits per heavy atom. The van der Waals surface area contributed by atoms with Crippen LogP contribution in [-0.2, 0) is 10.0 Å². The largest absolute Gasteiger partial charge is 0.272 e. The van der Waals surface area contributed by atoms with Crippen LogP contribution in [0.4, 0.5) is 0 Å². The minimum atomic E-state index is -3.18. The van der Waals surface area contributed by atoms with E-state index in [2.05, 4.69) is 10.2 Å². The number of benzene rings is 1. The van der Waals surface area contributed by atoms with Crippen LogP contribution in [0, 0.1) is 4.77 Å². The third-order valence-corrected chi connectivity index (χ3v) is 5.47. The SMILES string of the molecule is CS(=O)(=O)N1CCCC(c2n[nH]c(=S)n2-c2ccccc2)C1. The highest BCUT2D eigenvalue weighted by molar-refractivity contribution is 7.88. The number of hydrogen-bond acceptors (Lipinski definition) is 4. The van der Waals surface area contributed by atoms with Gasteiger partial charge < -0.3 is 0 Å². The Morgan fingerprint density at radius 1 is 1.32 bits per heavy atom. The molecule has 0 spiro atoms. The molecule has 0 saturated carbocycles. The molecule has 1 atom stereocenters. The zero-order valence-electron chi connectivity index (χ0n) is 12.3. The minimum absolute atomic E-state index is 0.0385. The van der Waals surface area contributed by atoms with Crippen molar-refractivity contribution in [1.82, 2.24) is 19.1 Å². The molecule has 118 valence electrons. The summed E-state index contributed by atoms with van der Waals surface area (Å²) in [5.74, 6) is 0.834. The van der Waals surface area contributed by atoms with Gasteiger partial charge in [0.2, 0.25) is 10.0 Å². The van der Waals surface area contributed by atoms with Gasteiger partial charge >= 0.3 is 0 Å². The van der Waals surface area contributed by atoms with Crippen LogP contribution in [-0.4, -0.2) is 46.8 Å². The van der Waals surface area contributed by atoms with E-state index in [1.54, 1.807) is 0 Å². The molecule has 1 aromatic heterocycles. The van der Waals surface area contributed by atoms with E-state index in [0.29, 0.717) is 17.9 Å². The van der Waals surface area contributed by atoms with Crippen molar-refractivity contribution in [2.75, 3.05) is 19.3 Å². The summed E-state index contributed by atoms with van der Waals surface area (Å²) in [7, 11) is -3.18. The molecule has 1 fully saturated rings. The average Bonchev–Trinajstić information content (AvgIpc) is 2.89. The van der Waals surface area contributed by atoms with Gasteiger partial charge in [-0.1, -0.05) is 18.2 Å². The highest BCUT2D eigenvalue weighted by Crippen LogP contribution is 2.28. The van der Waals surface area contributed by atoms with Crippen LogP contribution < -0.4 is 0 Å². The second-order valence-corrected chi connectivity index (χ2v) is 7.89. The molecule has 0 aliphatic carbocycles. The Labute approximate surface area is 134 Å². The predicted octanol–water partition coefficient (Wildman–Crippen LogP) is 2.07. The van der Waals surface area contributed by atoms with Gasteiger partial charge in [0.05, 0.1) is 6.26 Å². The summed E-state index contributed by atoms with van der Waals surface area (Å²) in [6.45, 7) is 1.02. The van der Waals surface area contributed by atoms with Gasteiger partial charge in [-0.05, 0) is 37.2 Å². The Morgan fingerprint density at radius 2 is 2.05 bits per heavy atom. The average molecular weight is 338 g/mol.